The Morgan fingerprint density at radius 1 is 0.535 bits per heavy atom. The first-order chi connectivity index (χ1) is 21.3. The van der Waals surface area contributed by atoms with E-state index in [1.807, 2.05) is 12.3 Å². The SMILES string of the molecule is N#Cc1ccnc(-c2ccc(-c3ccc4c(c3)C3(c5ccccc5-c5ccccc53)c3ccc5ccccc5c3-4)cn2)c1. The summed E-state index contributed by atoms with van der Waals surface area (Å²) in [6, 6.07) is 47.9. The van der Waals surface area contributed by atoms with Crippen molar-refractivity contribution in [3.8, 4) is 50.8 Å². The molecule has 198 valence electrons. The van der Waals surface area contributed by atoms with E-state index in [0.29, 0.717) is 11.3 Å². The normalized spacial score (nSPS) is 13.3. The molecule has 5 aromatic carbocycles. The third kappa shape index (κ3) is 3.18. The van der Waals surface area contributed by atoms with Crippen LogP contribution in [-0.2, 0) is 5.41 Å². The first-order valence-electron chi connectivity index (χ1n) is 14.5. The topological polar surface area (TPSA) is 49.6 Å². The fourth-order valence-corrected chi connectivity index (χ4v) is 7.44. The quantitative estimate of drug-likeness (QED) is 0.218. The number of benzene rings is 5. The minimum absolute atomic E-state index is 0.410. The summed E-state index contributed by atoms with van der Waals surface area (Å²) in [5.41, 5.74) is 14.3. The van der Waals surface area contributed by atoms with Crippen molar-refractivity contribution in [1.82, 2.24) is 9.97 Å². The number of nitrogens with zero attached hydrogens (tertiary/aromatic N) is 3. The molecule has 0 saturated heterocycles. The molecule has 0 aliphatic heterocycles. The lowest BCUT2D eigenvalue weighted by Gasteiger charge is -2.30. The average molecular weight is 546 g/mol. The van der Waals surface area contributed by atoms with Crippen molar-refractivity contribution >= 4 is 10.8 Å². The largest absolute Gasteiger partial charge is 0.255 e. The molecule has 7 aromatic rings. The number of hydrogen-bond donors (Lipinski definition) is 0. The zero-order valence-electron chi connectivity index (χ0n) is 23.1. The van der Waals surface area contributed by atoms with E-state index in [2.05, 4.69) is 120 Å². The second kappa shape index (κ2) is 8.82. The van der Waals surface area contributed by atoms with Crippen molar-refractivity contribution in [2.45, 2.75) is 5.41 Å². The summed E-state index contributed by atoms with van der Waals surface area (Å²) in [4.78, 5) is 9.20. The number of nitriles is 1. The van der Waals surface area contributed by atoms with Crippen molar-refractivity contribution < 1.29 is 0 Å². The van der Waals surface area contributed by atoms with Crippen LogP contribution in [-0.4, -0.2) is 9.97 Å². The summed E-state index contributed by atoms with van der Waals surface area (Å²) in [5, 5.41) is 11.8. The predicted octanol–water partition coefficient (Wildman–Crippen LogP) is 9.18. The second-order valence-electron chi connectivity index (χ2n) is 11.3. The van der Waals surface area contributed by atoms with Crippen LogP contribution in [0.5, 0.6) is 0 Å². The Morgan fingerprint density at radius 3 is 2.05 bits per heavy atom. The minimum atomic E-state index is -0.410. The summed E-state index contributed by atoms with van der Waals surface area (Å²) < 4.78 is 0. The molecule has 9 rings (SSSR count). The van der Waals surface area contributed by atoms with Gasteiger partial charge < -0.3 is 0 Å². The van der Waals surface area contributed by atoms with Gasteiger partial charge in [0.05, 0.1) is 28.4 Å². The molecule has 1 spiro atoms. The van der Waals surface area contributed by atoms with E-state index in [1.54, 1.807) is 18.3 Å². The van der Waals surface area contributed by atoms with Crippen LogP contribution in [0, 0.1) is 11.3 Å². The van der Waals surface area contributed by atoms with Gasteiger partial charge >= 0.3 is 0 Å². The van der Waals surface area contributed by atoms with E-state index in [4.69, 9.17) is 4.98 Å². The molecular weight excluding hydrogens is 522 g/mol. The molecule has 0 fully saturated rings. The molecule has 0 radical (unpaired) electrons. The zero-order chi connectivity index (χ0) is 28.5. The molecule has 0 atom stereocenters. The van der Waals surface area contributed by atoms with Crippen LogP contribution in [0.3, 0.4) is 0 Å². The lowest BCUT2D eigenvalue weighted by molar-refractivity contribution is 0.795. The van der Waals surface area contributed by atoms with E-state index < -0.39 is 5.41 Å². The summed E-state index contributed by atoms with van der Waals surface area (Å²) in [5.74, 6) is 0. The van der Waals surface area contributed by atoms with E-state index in [9.17, 15) is 5.26 Å². The van der Waals surface area contributed by atoms with Crippen molar-refractivity contribution in [2.75, 3.05) is 0 Å². The number of rotatable bonds is 2. The van der Waals surface area contributed by atoms with Gasteiger partial charge in [-0.25, -0.2) is 0 Å². The van der Waals surface area contributed by atoms with Crippen molar-refractivity contribution in [1.29, 1.82) is 5.26 Å². The highest BCUT2D eigenvalue weighted by molar-refractivity contribution is 6.06. The molecule has 2 aromatic heterocycles. The van der Waals surface area contributed by atoms with Gasteiger partial charge in [0, 0.05) is 18.0 Å². The van der Waals surface area contributed by atoms with Gasteiger partial charge in [-0.05, 0) is 85.1 Å². The molecular formula is C40H23N3. The summed E-state index contributed by atoms with van der Waals surface area (Å²) >= 11 is 0. The molecule has 3 heteroatoms. The van der Waals surface area contributed by atoms with Crippen LogP contribution < -0.4 is 0 Å². The second-order valence-corrected chi connectivity index (χ2v) is 11.3. The maximum atomic E-state index is 9.31. The molecule has 2 aliphatic rings. The fourth-order valence-electron chi connectivity index (χ4n) is 7.44. The number of aromatic nitrogens is 2. The van der Waals surface area contributed by atoms with Crippen LogP contribution >= 0.6 is 0 Å². The maximum Gasteiger partial charge on any atom is 0.0992 e. The Morgan fingerprint density at radius 2 is 1.28 bits per heavy atom. The van der Waals surface area contributed by atoms with E-state index in [0.717, 1.165) is 16.8 Å². The molecule has 0 bridgehead atoms. The van der Waals surface area contributed by atoms with Crippen molar-refractivity contribution in [2.24, 2.45) is 0 Å². The minimum Gasteiger partial charge on any atom is -0.255 e. The van der Waals surface area contributed by atoms with Crippen LogP contribution in [0.2, 0.25) is 0 Å². The Hall–Kier alpha value is -5.85. The molecule has 2 aliphatic carbocycles. The lowest BCUT2D eigenvalue weighted by Crippen LogP contribution is -2.25. The maximum absolute atomic E-state index is 9.31. The fraction of sp³-hybridized carbons (Fsp3) is 0.0250. The average Bonchev–Trinajstić information content (AvgIpc) is 3.55. The van der Waals surface area contributed by atoms with Crippen LogP contribution in [0.25, 0.3) is 55.5 Å². The van der Waals surface area contributed by atoms with E-state index in [-0.39, 0.29) is 0 Å². The highest BCUT2D eigenvalue weighted by Crippen LogP contribution is 2.64. The first kappa shape index (κ1) is 23.8. The standard InChI is InChI=1S/C40H23N3/c41-23-25-19-20-42-38(21-25)37-18-15-28(24-43-37)27-13-16-32-36(22-27)40(35-17-14-26-7-1-2-8-29(26)39(32)35)33-11-5-3-9-30(33)31-10-4-6-12-34(31)40/h1-22,24H. The summed E-state index contributed by atoms with van der Waals surface area (Å²) in [6.07, 6.45) is 3.57. The van der Waals surface area contributed by atoms with Gasteiger partial charge in [0.15, 0.2) is 0 Å². The van der Waals surface area contributed by atoms with Crippen LogP contribution in [0.15, 0.2) is 140 Å². The Kier molecular flexibility index (Phi) is 4.89. The third-order valence-electron chi connectivity index (χ3n) is 9.23. The van der Waals surface area contributed by atoms with Crippen LogP contribution in [0.1, 0.15) is 27.8 Å². The first-order valence-corrected chi connectivity index (χ1v) is 14.5. The lowest BCUT2D eigenvalue weighted by atomic mass is 9.70. The number of pyridine rings is 2. The third-order valence-corrected chi connectivity index (χ3v) is 9.23. The van der Waals surface area contributed by atoms with Gasteiger partial charge in [0.2, 0.25) is 0 Å². The summed E-state index contributed by atoms with van der Waals surface area (Å²) in [6.45, 7) is 0. The van der Waals surface area contributed by atoms with E-state index in [1.165, 1.54) is 55.3 Å². The van der Waals surface area contributed by atoms with Crippen molar-refractivity contribution in [3.05, 3.63) is 168 Å². The number of fused-ring (bicyclic) bond motifs is 12. The van der Waals surface area contributed by atoms with E-state index >= 15 is 0 Å². The molecule has 0 amide bonds. The van der Waals surface area contributed by atoms with Gasteiger partial charge in [-0.2, -0.15) is 5.26 Å². The van der Waals surface area contributed by atoms with Gasteiger partial charge in [-0.15, -0.1) is 0 Å². The Balaban J connectivity index is 1.30. The van der Waals surface area contributed by atoms with Gasteiger partial charge in [0.25, 0.3) is 0 Å². The molecule has 0 unspecified atom stereocenters. The highest BCUT2D eigenvalue weighted by Gasteiger charge is 2.52. The van der Waals surface area contributed by atoms with Crippen molar-refractivity contribution in [3.63, 3.8) is 0 Å². The molecule has 2 heterocycles. The smallest absolute Gasteiger partial charge is 0.0992 e. The highest BCUT2D eigenvalue weighted by atomic mass is 14.8. The molecule has 3 nitrogen and oxygen atoms in total. The summed E-state index contributed by atoms with van der Waals surface area (Å²) in [7, 11) is 0. The van der Waals surface area contributed by atoms with Gasteiger partial charge in [0.1, 0.15) is 0 Å². The Labute approximate surface area is 249 Å². The molecule has 0 saturated carbocycles. The molecule has 43 heavy (non-hydrogen) atoms. The Bertz CT molecular complexity index is 2260. The zero-order valence-corrected chi connectivity index (χ0v) is 23.1. The van der Waals surface area contributed by atoms with Gasteiger partial charge in [-0.3, -0.25) is 9.97 Å². The van der Waals surface area contributed by atoms with Crippen LogP contribution in [0.4, 0.5) is 0 Å². The number of hydrogen-bond acceptors (Lipinski definition) is 3. The molecule has 0 N–H and O–H groups in total. The monoisotopic (exact) mass is 545 g/mol. The van der Waals surface area contributed by atoms with Gasteiger partial charge in [-0.1, -0.05) is 103 Å². The predicted molar refractivity (Wildman–Crippen MR) is 171 cm³/mol.